The largest absolute Gasteiger partial charge is 0.357 e. The van der Waals surface area contributed by atoms with Gasteiger partial charge in [0.05, 0.1) is 24.0 Å². The highest BCUT2D eigenvalue weighted by Gasteiger charge is 2.64. The van der Waals surface area contributed by atoms with Crippen LogP contribution in [0.1, 0.15) is 19.3 Å². The molecule has 3 aliphatic heterocycles. The average Bonchev–Trinajstić information content (AvgIpc) is 3.01. The van der Waals surface area contributed by atoms with E-state index >= 15 is 0 Å². The van der Waals surface area contributed by atoms with Crippen molar-refractivity contribution in [1.82, 2.24) is 9.88 Å². The average molecular weight is 215 g/mol. The Morgan fingerprint density at radius 2 is 2.00 bits per heavy atom. The van der Waals surface area contributed by atoms with Gasteiger partial charge in [-0.2, -0.15) is 0 Å². The SMILES string of the molecule is CN1[C@@H]2CCC[C@H]1[C@H]1[C@@H]2N1c1cccnc1. The maximum absolute atomic E-state index is 4.23. The van der Waals surface area contributed by atoms with E-state index in [1.54, 1.807) is 0 Å². The number of nitrogens with zero attached hydrogens (tertiary/aromatic N) is 3. The van der Waals surface area contributed by atoms with Gasteiger partial charge in [-0.3, -0.25) is 9.88 Å². The molecular weight excluding hydrogens is 198 g/mol. The molecule has 3 saturated heterocycles. The van der Waals surface area contributed by atoms with E-state index in [9.17, 15) is 0 Å². The molecule has 16 heavy (non-hydrogen) atoms. The second-order valence-electron chi connectivity index (χ2n) is 5.33. The number of fused-ring (bicyclic) bond motifs is 5. The lowest BCUT2D eigenvalue weighted by Crippen LogP contribution is -2.45. The standard InChI is InChI=1S/C13H17N3/c1-15-10-5-2-6-11(15)13-12(10)16(13)9-4-3-7-14-8-9/h3-4,7-8,10-13H,2,5-6H2,1H3/t10-,11+,12-,13+,16?. The van der Waals surface area contributed by atoms with Crippen molar-refractivity contribution in [1.29, 1.82) is 0 Å². The van der Waals surface area contributed by atoms with Gasteiger partial charge in [0.1, 0.15) is 0 Å². The molecule has 84 valence electrons. The topological polar surface area (TPSA) is 19.1 Å². The van der Waals surface area contributed by atoms with Gasteiger partial charge in [-0.15, -0.1) is 0 Å². The third kappa shape index (κ3) is 0.995. The lowest BCUT2D eigenvalue weighted by Gasteiger charge is -2.36. The van der Waals surface area contributed by atoms with Crippen molar-refractivity contribution in [3.63, 3.8) is 0 Å². The maximum atomic E-state index is 4.23. The molecule has 3 heteroatoms. The first-order chi connectivity index (χ1) is 7.88. The summed E-state index contributed by atoms with van der Waals surface area (Å²) in [7, 11) is 2.31. The van der Waals surface area contributed by atoms with Crippen LogP contribution in [0.3, 0.4) is 0 Å². The fourth-order valence-electron chi connectivity index (χ4n) is 3.96. The minimum Gasteiger partial charge on any atom is -0.357 e. The zero-order valence-corrected chi connectivity index (χ0v) is 9.58. The Balaban J connectivity index is 1.65. The molecule has 0 N–H and O–H groups in total. The summed E-state index contributed by atoms with van der Waals surface area (Å²) in [6.45, 7) is 0. The summed E-state index contributed by atoms with van der Waals surface area (Å²) in [6.07, 6.45) is 8.05. The van der Waals surface area contributed by atoms with Crippen LogP contribution >= 0.6 is 0 Å². The second kappa shape index (κ2) is 2.98. The van der Waals surface area contributed by atoms with Crippen LogP contribution in [0.2, 0.25) is 0 Å². The van der Waals surface area contributed by atoms with Crippen molar-refractivity contribution in [2.45, 2.75) is 43.4 Å². The normalized spacial score (nSPS) is 40.9. The summed E-state index contributed by atoms with van der Waals surface area (Å²) in [5.41, 5.74) is 1.32. The molecule has 4 heterocycles. The van der Waals surface area contributed by atoms with E-state index in [4.69, 9.17) is 0 Å². The number of rotatable bonds is 1. The molecule has 3 aliphatic rings. The van der Waals surface area contributed by atoms with Crippen LogP contribution in [0.15, 0.2) is 24.5 Å². The predicted molar refractivity (Wildman–Crippen MR) is 63.5 cm³/mol. The molecule has 3 nitrogen and oxygen atoms in total. The molecule has 0 aromatic carbocycles. The summed E-state index contributed by atoms with van der Waals surface area (Å²) < 4.78 is 0. The number of piperazine rings is 1. The maximum Gasteiger partial charge on any atom is 0.0669 e. The highest BCUT2D eigenvalue weighted by Crippen LogP contribution is 2.51. The van der Waals surface area contributed by atoms with Crippen molar-refractivity contribution < 1.29 is 0 Å². The Kier molecular flexibility index (Phi) is 1.67. The third-order valence-electron chi connectivity index (χ3n) is 4.68. The Bertz CT molecular complexity index is 387. The van der Waals surface area contributed by atoms with Gasteiger partial charge < -0.3 is 4.90 Å². The van der Waals surface area contributed by atoms with Crippen LogP contribution in [0.25, 0.3) is 0 Å². The number of hydrogen-bond acceptors (Lipinski definition) is 3. The quantitative estimate of drug-likeness (QED) is 0.662. The first-order valence-electron chi connectivity index (χ1n) is 6.28. The number of aromatic nitrogens is 1. The van der Waals surface area contributed by atoms with Gasteiger partial charge in [-0.05, 0) is 32.0 Å². The van der Waals surface area contributed by atoms with Crippen LogP contribution in [0.5, 0.6) is 0 Å². The molecule has 1 aromatic heterocycles. The molecule has 0 unspecified atom stereocenters. The first-order valence-corrected chi connectivity index (χ1v) is 6.28. The van der Waals surface area contributed by atoms with Crippen LogP contribution in [-0.4, -0.2) is 41.1 Å². The number of hydrogen-bond donors (Lipinski definition) is 0. The summed E-state index contributed by atoms with van der Waals surface area (Å²) in [6, 6.07) is 7.39. The molecule has 0 radical (unpaired) electrons. The van der Waals surface area contributed by atoms with Gasteiger partial charge in [-0.25, -0.2) is 0 Å². The molecule has 0 amide bonds. The molecule has 0 spiro atoms. The number of piperidine rings is 1. The zero-order chi connectivity index (χ0) is 10.7. The van der Waals surface area contributed by atoms with E-state index in [2.05, 4.69) is 27.9 Å². The molecule has 1 aromatic rings. The van der Waals surface area contributed by atoms with Crippen molar-refractivity contribution in [3.05, 3.63) is 24.5 Å². The van der Waals surface area contributed by atoms with E-state index in [0.717, 1.165) is 24.2 Å². The van der Waals surface area contributed by atoms with Crippen LogP contribution in [0, 0.1) is 0 Å². The summed E-state index contributed by atoms with van der Waals surface area (Å²) in [5, 5.41) is 0. The predicted octanol–water partition coefficient (Wildman–Crippen LogP) is 1.51. The number of likely N-dealkylation sites (N-methyl/N-ethyl adjacent to an activating group) is 1. The van der Waals surface area contributed by atoms with E-state index in [1.165, 1.54) is 24.9 Å². The Morgan fingerprint density at radius 3 is 2.62 bits per heavy atom. The highest BCUT2D eigenvalue weighted by molar-refractivity contribution is 5.59. The molecule has 4 rings (SSSR count). The van der Waals surface area contributed by atoms with Crippen LogP contribution in [0.4, 0.5) is 5.69 Å². The lowest BCUT2D eigenvalue weighted by molar-refractivity contribution is 0.157. The number of pyridine rings is 1. The fraction of sp³-hybridized carbons (Fsp3) is 0.615. The van der Waals surface area contributed by atoms with Crippen molar-refractivity contribution in [2.24, 2.45) is 0 Å². The summed E-state index contributed by atoms with van der Waals surface area (Å²) in [4.78, 5) is 9.43. The minimum atomic E-state index is 0.779. The lowest BCUT2D eigenvalue weighted by atomic mass is 10.0. The van der Waals surface area contributed by atoms with E-state index in [-0.39, 0.29) is 0 Å². The zero-order valence-electron chi connectivity index (χ0n) is 9.58. The van der Waals surface area contributed by atoms with Gasteiger partial charge in [0.2, 0.25) is 0 Å². The smallest absolute Gasteiger partial charge is 0.0669 e. The van der Waals surface area contributed by atoms with Gasteiger partial charge in [0.15, 0.2) is 0 Å². The van der Waals surface area contributed by atoms with Gasteiger partial charge >= 0.3 is 0 Å². The second-order valence-corrected chi connectivity index (χ2v) is 5.33. The van der Waals surface area contributed by atoms with Gasteiger partial charge in [-0.1, -0.05) is 6.42 Å². The number of anilines is 1. The molecule has 2 bridgehead atoms. The Labute approximate surface area is 96.1 Å². The molecule has 4 atom stereocenters. The third-order valence-corrected chi connectivity index (χ3v) is 4.68. The summed E-state index contributed by atoms with van der Waals surface area (Å²) >= 11 is 0. The Morgan fingerprint density at radius 1 is 1.25 bits per heavy atom. The molecule has 3 fully saturated rings. The molecule has 0 aliphatic carbocycles. The van der Waals surface area contributed by atoms with Gasteiger partial charge in [0.25, 0.3) is 0 Å². The van der Waals surface area contributed by atoms with E-state index in [1.807, 2.05) is 18.5 Å². The van der Waals surface area contributed by atoms with Crippen molar-refractivity contribution in [3.8, 4) is 0 Å². The van der Waals surface area contributed by atoms with Crippen LogP contribution < -0.4 is 4.90 Å². The fourth-order valence-corrected chi connectivity index (χ4v) is 3.96. The Hall–Kier alpha value is -1.09. The minimum absolute atomic E-state index is 0.779. The van der Waals surface area contributed by atoms with E-state index in [0.29, 0.717) is 0 Å². The summed E-state index contributed by atoms with van der Waals surface area (Å²) in [5.74, 6) is 0. The molecular formula is C13H17N3. The monoisotopic (exact) mass is 215 g/mol. The van der Waals surface area contributed by atoms with Gasteiger partial charge in [0, 0.05) is 18.3 Å². The van der Waals surface area contributed by atoms with Crippen molar-refractivity contribution in [2.75, 3.05) is 11.9 Å². The molecule has 0 saturated carbocycles. The van der Waals surface area contributed by atoms with Crippen LogP contribution in [-0.2, 0) is 0 Å². The highest BCUT2D eigenvalue weighted by atomic mass is 15.5. The van der Waals surface area contributed by atoms with E-state index < -0.39 is 0 Å². The first kappa shape index (κ1) is 8.99. The van der Waals surface area contributed by atoms with Crippen molar-refractivity contribution >= 4 is 5.69 Å².